The van der Waals surface area contributed by atoms with Crippen molar-refractivity contribution in [1.29, 1.82) is 0 Å². The molecule has 20 heavy (non-hydrogen) atoms. The van der Waals surface area contributed by atoms with Gasteiger partial charge in [0.05, 0.1) is 13.0 Å². The van der Waals surface area contributed by atoms with E-state index in [0.717, 1.165) is 0 Å². The maximum atomic E-state index is 13.2. The van der Waals surface area contributed by atoms with Crippen LogP contribution in [0, 0.1) is 5.95 Å². The van der Waals surface area contributed by atoms with Crippen molar-refractivity contribution in [3.63, 3.8) is 0 Å². The van der Waals surface area contributed by atoms with Gasteiger partial charge < -0.3 is 4.74 Å². The first-order chi connectivity index (χ1) is 9.18. The van der Waals surface area contributed by atoms with Gasteiger partial charge in [-0.2, -0.15) is 17.6 Å². The van der Waals surface area contributed by atoms with Crippen LogP contribution in [0.2, 0.25) is 0 Å². The number of carbonyl (C=O) groups excluding carboxylic acids is 1. The lowest BCUT2D eigenvalue weighted by Gasteiger charge is -2.16. The molecular formula is C11H9F6NO2. The second-order valence-electron chi connectivity index (χ2n) is 3.64. The summed E-state index contributed by atoms with van der Waals surface area (Å²) >= 11 is 0. The van der Waals surface area contributed by atoms with Crippen LogP contribution in [0.15, 0.2) is 6.20 Å². The van der Waals surface area contributed by atoms with Crippen LogP contribution in [0.4, 0.5) is 26.3 Å². The van der Waals surface area contributed by atoms with Gasteiger partial charge in [-0.05, 0) is 12.5 Å². The topological polar surface area (TPSA) is 39.2 Å². The maximum absolute atomic E-state index is 13.2. The van der Waals surface area contributed by atoms with Crippen molar-refractivity contribution >= 4 is 5.97 Å². The molecule has 0 atom stereocenters. The molecule has 0 fully saturated rings. The van der Waals surface area contributed by atoms with E-state index in [-0.39, 0.29) is 12.8 Å². The molecule has 0 spiro atoms. The Morgan fingerprint density at radius 2 is 2.00 bits per heavy atom. The number of pyridine rings is 1. The predicted octanol–water partition coefficient (Wildman–Crippen LogP) is 3.28. The van der Waals surface area contributed by atoms with Crippen LogP contribution in [-0.2, 0) is 22.1 Å². The number of hydrogen-bond donors (Lipinski definition) is 0. The van der Waals surface area contributed by atoms with E-state index >= 15 is 0 Å². The molecule has 0 radical (unpaired) electrons. The van der Waals surface area contributed by atoms with Gasteiger partial charge in [0.15, 0.2) is 0 Å². The summed E-state index contributed by atoms with van der Waals surface area (Å²) in [5.41, 5.74) is -4.27. The lowest BCUT2D eigenvalue weighted by molar-refractivity contribution is -0.144. The van der Waals surface area contributed by atoms with Crippen LogP contribution in [0.25, 0.3) is 0 Å². The summed E-state index contributed by atoms with van der Waals surface area (Å²) in [6, 6.07) is 0. The van der Waals surface area contributed by atoms with Crippen LogP contribution in [0.1, 0.15) is 30.0 Å². The molecule has 9 heteroatoms. The molecule has 0 aliphatic rings. The Morgan fingerprint density at radius 1 is 1.40 bits per heavy atom. The molecule has 0 amide bonds. The lowest BCUT2D eigenvalue weighted by atomic mass is 10.0. The molecular weight excluding hydrogens is 292 g/mol. The van der Waals surface area contributed by atoms with Gasteiger partial charge in [-0.3, -0.25) is 4.79 Å². The van der Waals surface area contributed by atoms with Crippen LogP contribution in [0.3, 0.4) is 0 Å². The third-order valence-corrected chi connectivity index (χ3v) is 2.32. The fourth-order valence-corrected chi connectivity index (χ4v) is 1.56. The van der Waals surface area contributed by atoms with E-state index in [4.69, 9.17) is 0 Å². The summed E-state index contributed by atoms with van der Waals surface area (Å²) in [7, 11) is 0. The number of carbonyl (C=O) groups is 1. The number of halogens is 6. The summed E-state index contributed by atoms with van der Waals surface area (Å²) in [4.78, 5) is 13.9. The predicted molar refractivity (Wildman–Crippen MR) is 54.5 cm³/mol. The molecule has 0 saturated carbocycles. The zero-order chi connectivity index (χ0) is 15.5. The SMILES string of the molecule is CCOC(=O)Cc1c(C(F)F)cnc(F)c1C(F)(F)F. The van der Waals surface area contributed by atoms with Gasteiger partial charge in [0.1, 0.15) is 5.56 Å². The number of aromatic nitrogens is 1. The monoisotopic (exact) mass is 301 g/mol. The number of nitrogens with zero attached hydrogens (tertiary/aromatic N) is 1. The Hall–Kier alpha value is -1.80. The summed E-state index contributed by atoms with van der Waals surface area (Å²) in [6.45, 7) is 1.25. The molecule has 0 aliphatic heterocycles. The first-order valence-corrected chi connectivity index (χ1v) is 5.36. The van der Waals surface area contributed by atoms with Crippen molar-refractivity contribution in [2.45, 2.75) is 25.9 Å². The Kier molecular flexibility index (Phi) is 4.96. The minimum atomic E-state index is -5.25. The molecule has 0 saturated heterocycles. The first kappa shape index (κ1) is 16.3. The second kappa shape index (κ2) is 6.10. The minimum absolute atomic E-state index is 0.141. The normalized spacial score (nSPS) is 11.8. The minimum Gasteiger partial charge on any atom is -0.466 e. The summed E-state index contributed by atoms with van der Waals surface area (Å²) < 4.78 is 81.1. The molecule has 0 N–H and O–H groups in total. The molecule has 112 valence electrons. The maximum Gasteiger partial charge on any atom is 0.421 e. The van der Waals surface area contributed by atoms with Crippen LogP contribution in [0.5, 0.6) is 0 Å². The van der Waals surface area contributed by atoms with Crippen molar-refractivity contribution in [3.8, 4) is 0 Å². The molecule has 1 rings (SSSR count). The Morgan fingerprint density at radius 3 is 2.45 bits per heavy atom. The Labute approximate surface area is 109 Å². The molecule has 3 nitrogen and oxygen atoms in total. The number of hydrogen-bond acceptors (Lipinski definition) is 3. The average molecular weight is 301 g/mol. The van der Waals surface area contributed by atoms with E-state index in [1.165, 1.54) is 6.92 Å². The fourth-order valence-electron chi connectivity index (χ4n) is 1.56. The van der Waals surface area contributed by atoms with Gasteiger partial charge in [0.2, 0.25) is 5.95 Å². The summed E-state index contributed by atoms with van der Waals surface area (Å²) in [5, 5.41) is 0. The average Bonchev–Trinajstić information content (AvgIpc) is 2.26. The van der Waals surface area contributed by atoms with Gasteiger partial charge in [0, 0.05) is 11.8 Å². The van der Waals surface area contributed by atoms with Crippen molar-refractivity contribution in [2.75, 3.05) is 6.61 Å². The van der Waals surface area contributed by atoms with Gasteiger partial charge in [-0.15, -0.1) is 0 Å². The summed E-state index contributed by atoms with van der Waals surface area (Å²) in [5.74, 6) is -3.12. The van der Waals surface area contributed by atoms with Crippen molar-refractivity contribution < 1.29 is 35.9 Å². The van der Waals surface area contributed by atoms with Gasteiger partial charge >= 0.3 is 12.1 Å². The summed E-state index contributed by atoms with van der Waals surface area (Å²) in [6.07, 6.45) is -9.40. The smallest absolute Gasteiger partial charge is 0.421 e. The molecule has 0 aromatic carbocycles. The number of alkyl halides is 5. The standard InChI is InChI=1S/C11H9F6NO2/c1-2-20-7(19)3-5-6(9(12)13)4-18-10(14)8(5)11(15,16)17/h4,9H,2-3H2,1H3. The quantitative estimate of drug-likeness (QED) is 0.487. The lowest BCUT2D eigenvalue weighted by Crippen LogP contribution is -2.19. The fraction of sp³-hybridized carbons (Fsp3) is 0.455. The number of esters is 1. The third-order valence-electron chi connectivity index (χ3n) is 2.32. The van der Waals surface area contributed by atoms with E-state index in [2.05, 4.69) is 9.72 Å². The van der Waals surface area contributed by atoms with Gasteiger partial charge in [-0.1, -0.05) is 0 Å². The molecule has 1 heterocycles. The first-order valence-electron chi connectivity index (χ1n) is 5.36. The van der Waals surface area contributed by atoms with Crippen molar-refractivity contribution in [2.24, 2.45) is 0 Å². The Bertz CT molecular complexity index is 500. The van der Waals surface area contributed by atoms with E-state index in [1.54, 1.807) is 0 Å². The van der Waals surface area contributed by atoms with E-state index < -0.39 is 47.6 Å². The van der Waals surface area contributed by atoms with E-state index in [1.807, 2.05) is 0 Å². The third kappa shape index (κ3) is 3.61. The number of ether oxygens (including phenoxy) is 1. The zero-order valence-electron chi connectivity index (χ0n) is 10.1. The number of rotatable bonds is 4. The van der Waals surface area contributed by atoms with Crippen molar-refractivity contribution in [1.82, 2.24) is 4.98 Å². The molecule has 1 aromatic rings. The van der Waals surface area contributed by atoms with Gasteiger partial charge in [-0.25, -0.2) is 13.8 Å². The molecule has 0 aliphatic carbocycles. The largest absolute Gasteiger partial charge is 0.466 e. The zero-order valence-corrected chi connectivity index (χ0v) is 10.1. The highest BCUT2D eigenvalue weighted by molar-refractivity contribution is 5.73. The van der Waals surface area contributed by atoms with E-state index in [9.17, 15) is 31.1 Å². The van der Waals surface area contributed by atoms with Gasteiger partial charge in [0.25, 0.3) is 6.43 Å². The highest BCUT2D eigenvalue weighted by atomic mass is 19.4. The highest BCUT2D eigenvalue weighted by Gasteiger charge is 2.40. The Balaban J connectivity index is 3.41. The van der Waals surface area contributed by atoms with Crippen molar-refractivity contribution in [3.05, 3.63) is 28.8 Å². The molecule has 1 aromatic heterocycles. The highest BCUT2D eigenvalue weighted by Crippen LogP contribution is 2.37. The van der Waals surface area contributed by atoms with Crippen LogP contribution in [-0.4, -0.2) is 17.6 Å². The van der Waals surface area contributed by atoms with E-state index in [0.29, 0.717) is 0 Å². The second-order valence-corrected chi connectivity index (χ2v) is 3.64. The molecule has 0 unspecified atom stereocenters. The molecule has 0 bridgehead atoms. The van der Waals surface area contributed by atoms with Crippen LogP contribution < -0.4 is 0 Å². The van der Waals surface area contributed by atoms with Crippen LogP contribution >= 0.6 is 0 Å².